The SMILES string of the molecule is CCCCCCC/C=C\C/C=C\C/C=C\CCCCCCCCCCCCCCC(=O)NC(COC1OC(CO)C(OC2OC(CO)C(O)C(O)C2O)C(O)C1O)C(O)CCCCCCCCCCCCCCCCCCCC. The third kappa shape index (κ3) is 35.8. The molecule has 0 aromatic rings. The van der Waals surface area contributed by atoms with E-state index >= 15 is 0 Å². The third-order valence-electron chi connectivity index (χ3n) is 16.1. The van der Waals surface area contributed by atoms with Crippen molar-refractivity contribution in [3.05, 3.63) is 36.5 Å². The largest absolute Gasteiger partial charge is 0.394 e. The Morgan fingerprint density at radius 3 is 1.28 bits per heavy atom. The Labute approximate surface area is 481 Å². The van der Waals surface area contributed by atoms with Gasteiger partial charge in [0.1, 0.15) is 48.8 Å². The van der Waals surface area contributed by atoms with Gasteiger partial charge in [-0.15, -0.1) is 0 Å². The third-order valence-corrected chi connectivity index (χ3v) is 16.1. The minimum absolute atomic E-state index is 0.206. The summed E-state index contributed by atoms with van der Waals surface area (Å²) in [5.74, 6) is -0.206. The van der Waals surface area contributed by atoms with Crippen LogP contribution < -0.4 is 5.32 Å². The molecule has 0 radical (unpaired) electrons. The topological polar surface area (TPSA) is 228 Å². The van der Waals surface area contributed by atoms with Crippen molar-refractivity contribution in [3.8, 4) is 0 Å². The number of unbranched alkanes of at least 4 members (excludes halogenated alkanes) is 34. The number of nitrogens with one attached hydrogen (secondary N) is 1. The summed E-state index contributed by atoms with van der Waals surface area (Å²) < 4.78 is 22.9. The Morgan fingerprint density at radius 1 is 0.456 bits per heavy atom. The highest BCUT2D eigenvalue weighted by Gasteiger charge is 2.51. The summed E-state index contributed by atoms with van der Waals surface area (Å²) >= 11 is 0. The molecule has 0 spiro atoms. The first-order valence-corrected chi connectivity index (χ1v) is 32.7. The fraction of sp³-hybridized carbons (Fsp3) is 0.892. The predicted molar refractivity (Wildman–Crippen MR) is 318 cm³/mol. The smallest absolute Gasteiger partial charge is 0.220 e. The standard InChI is InChI=1S/C65H121NO13/c1-3-5-7-9-11-13-15-17-19-21-23-24-25-26-27-28-29-30-31-33-35-37-39-41-43-45-47-49-57(70)66-53(54(69)48-46-44-42-40-38-36-34-32-22-20-18-16-14-12-10-8-6-4-2)52-76-64-62(75)60(73)63(56(51-68)78-64)79-65-61(74)59(72)58(71)55(50-67)77-65/h15,17,21,23,25-26,53-56,58-65,67-69,71-75H,3-14,16,18-20,22,24,27-52H2,1-2H3,(H,66,70)/b17-15-,23-21-,26-25-. The summed E-state index contributed by atoms with van der Waals surface area (Å²) in [4.78, 5) is 13.3. The highest BCUT2D eigenvalue weighted by Crippen LogP contribution is 2.30. The van der Waals surface area contributed by atoms with Crippen LogP contribution in [0.2, 0.25) is 0 Å². The lowest BCUT2D eigenvalue weighted by Gasteiger charge is -2.46. The molecule has 14 heteroatoms. The molecule has 2 rings (SSSR count). The minimum Gasteiger partial charge on any atom is -0.394 e. The summed E-state index contributed by atoms with van der Waals surface area (Å²) in [6.07, 6.45) is 45.7. The maximum atomic E-state index is 13.3. The van der Waals surface area contributed by atoms with Gasteiger partial charge in [-0.1, -0.05) is 256 Å². The van der Waals surface area contributed by atoms with Crippen molar-refractivity contribution in [2.24, 2.45) is 0 Å². The van der Waals surface area contributed by atoms with Crippen molar-refractivity contribution in [1.82, 2.24) is 5.32 Å². The van der Waals surface area contributed by atoms with E-state index in [1.165, 1.54) is 186 Å². The van der Waals surface area contributed by atoms with Crippen molar-refractivity contribution in [1.29, 1.82) is 0 Å². The van der Waals surface area contributed by atoms with Gasteiger partial charge in [0.25, 0.3) is 0 Å². The molecule has 1 amide bonds. The number of carbonyl (C=O) groups is 1. The van der Waals surface area contributed by atoms with E-state index in [2.05, 4.69) is 55.6 Å². The zero-order valence-electron chi connectivity index (χ0n) is 50.1. The number of carbonyl (C=O) groups excluding carboxylic acids is 1. The molecule has 2 saturated heterocycles. The van der Waals surface area contributed by atoms with Gasteiger partial charge in [0.2, 0.25) is 5.91 Å². The van der Waals surface area contributed by atoms with Crippen LogP contribution in [-0.2, 0) is 23.7 Å². The molecule has 0 saturated carbocycles. The molecular weight excluding hydrogens is 1000 g/mol. The molecule has 0 aromatic heterocycles. The number of hydrogen-bond acceptors (Lipinski definition) is 13. The molecule has 0 aromatic carbocycles. The van der Waals surface area contributed by atoms with E-state index in [4.69, 9.17) is 18.9 Å². The minimum atomic E-state index is -1.78. The lowest BCUT2D eigenvalue weighted by atomic mass is 9.97. The van der Waals surface area contributed by atoms with Crippen LogP contribution in [0.5, 0.6) is 0 Å². The van der Waals surface area contributed by atoms with E-state index in [1.54, 1.807) is 0 Å². The fourth-order valence-corrected chi connectivity index (χ4v) is 10.8. The molecule has 9 N–H and O–H groups in total. The van der Waals surface area contributed by atoms with Crippen LogP contribution in [0.3, 0.4) is 0 Å². The Balaban J connectivity index is 1.70. The summed E-state index contributed by atoms with van der Waals surface area (Å²) in [7, 11) is 0. The second kappa shape index (κ2) is 50.7. The summed E-state index contributed by atoms with van der Waals surface area (Å²) in [5.41, 5.74) is 0. The lowest BCUT2D eigenvalue weighted by Crippen LogP contribution is -2.65. The Kier molecular flexibility index (Phi) is 47.0. The van der Waals surface area contributed by atoms with Crippen LogP contribution in [-0.4, -0.2) is 140 Å². The lowest BCUT2D eigenvalue weighted by molar-refractivity contribution is -0.359. The first-order chi connectivity index (χ1) is 38.6. The van der Waals surface area contributed by atoms with Gasteiger partial charge < -0.3 is 65.1 Å². The molecule has 2 aliphatic heterocycles. The van der Waals surface area contributed by atoms with Gasteiger partial charge in [-0.25, -0.2) is 0 Å². The van der Waals surface area contributed by atoms with Crippen LogP contribution in [0, 0.1) is 0 Å². The quantitative estimate of drug-likeness (QED) is 0.0204. The van der Waals surface area contributed by atoms with Gasteiger partial charge in [0.05, 0.1) is 32.0 Å². The Bertz CT molecular complexity index is 1460. The molecule has 0 bridgehead atoms. The van der Waals surface area contributed by atoms with Crippen molar-refractivity contribution < 1.29 is 64.6 Å². The number of hydrogen-bond donors (Lipinski definition) is 9. The first kappa shape index (κ1) is 73.3. The number of aliphatic hydroxyl groups is 8. The predicted octanol–water partition coefficient (Wildman–Crippen LogP) is 12.2. The monoisotopic (exact) mass is 1120 g/mol. The number of amides is 1. The zero-order valence-corrected chi connectivity index (χ0v) is 50.1. The summed E-state index contributed by atoms with van der Waals surface area (Å²) in [6, 6.07) is -0.830. The van der Waals surface area contributed by atoms with E-state index in [-0.39, 0.29) is 12.5 Å². The fourth-order valence-electron chi connectivity index (χ4n) is 10.8. The van der Waals surface area contributed by atoms with Crippen molar-refractivity contribution in [2.75, 3.05) is 19.8 Å². The van der Waals surface area contributed by atoms with Gasteiger partial charge in [0, 0.05) is 6.42 Å². The van der Waals surface area contributed by atoms with Gasteiger partial charge in [-0.3, -0.25) is 4.79 Å². The highest BCUT2D eigenvalue weighted by molar-refractivity contribution is 5.76. The molecule has 464 valence electrons. The van der Waals surface area contributed by atoms with E-state index in [1.807, 2.05) is 0 Å². The zero-order chi connectivity index (χ0) is 57.4. The first-order valence-electron chi connectivity index (χ1n) is 32.7. The molecular formula is C65H121NO13. The average Bonchev–Trinajstić information content (AvgIpc) is 3.46. The number of allylic oxidation sites excluding steroid dienone is 6. The van der Waals surface area contributed by atoms with Crippen LogP contribution in [0.25, 0.3) is 0 Å². The van der Waals surface area contributed by atoms with Gasteiger partial charge in [-0.05, 0) is 51.4 Å². The molecule has 2 aliphatic rings. The molecule has 2 fully saturated rings. The van der Waals surface area contributed by atoms with Crippen molar-refractivity contribution in [3.63, 3.8) is 0 Å². The summed E-state index contributed by atoms with van der Waals surface area (Å²) in [6.45, 7) is 2.88. The Morgan fingerprint density at radius 2 is 0.835 bits per heavy atom. The maximum Gasteiger partial charge on any atom is 0.220 e. The Hall–Kier alpha value is -1.79. The number of rotatable bonds is 53. The van der Waals surface area contributed by atoms with Gasteiger partial charge >= 0.3 is 0 Å². The highest BCUT2D eigenvalue weighted by atomic mass is 16.7. The number of ether oxygens (including phenoxy) is 4. The molecule has 14 nitrogen and oxygen atoms in total. The molecule has 0 aliphatic carbocycles. The van der Waals surface area contributed by atoms with Crippen LogP contribution in [0.1, 0.15) is 277 Å². The van der Waals surface area contributed by atoms with Crippen LogP contribution in [0.15, 0.2) is 36.5 Å². The van der Waals surface area contributed by atoms with Crippen molar-refractivity contribution >= 4 is 5.91 Å². The van der Waals surface area contributed by atoms with Crippen LogP contribution in [0.4, 0.5) is 0 Å². The molecule has 2 heterocycles. The second-order valence-corrected chi connectivity index (χ2v) is 23.2. The second-order valence-electron chi connectivity index (χ2n) is 23.2. The summed E-state index contributed by atoms with van der Waals surface area (Å²) in [5, 5.41) is 87.4. The van der Waals surface area contributed by atoms with E-state index < -0.39 is 86.8 Å². The van der Waals surface area contributed by atoms with E-state index in [9.17, 15) is 45.6 Å². The molecule has 12 atom stereocenters. The number of aliphatic hydroxyl groups excluding tert-OH is 8. The van der Waals surface area contributed by atoms with E-state index in [0.717, 1.165) is 64.2 Å². The van der Waals surface area contributed by atoms with Crippen LogP contribution >= 0.6 is 0 Å². The van der Waals surface area contributed by atoms with Crippen molar-refractivity contribution in [2.45, 2.75) is 351 Å². The normalized spacial score (nSPS) is 24.6. The molecule has 79 heavy (non-hydrogen) atoms. The van der Waals surface area contributed by atoms with E-state index in [0.29, 0.717) is 12.8 Å². The maximum absolute atomic E-state index is 13.3. The average molecular weight is 1120 g/mol. The van der Waals surface area contributed by atoms with Gasteiger partial charge in [0.15, 0.2) is 12.6 Å². The van der Waals surface area contributed by atoms with Gasteiger partial charge in [-0.2, -0.15) is 0 Å². The molecule has 12 unspecified atom stereocenters.